The second-order valence-electron chi connectivity index (χ2n) is 9.35. The molecule has 13 heteroatoms. The van der Waals surface area contributed by atoms with Crippen LogP contribution in [0.3, 0.4) is 0 Å². The number of aryl methyl sites for hydroxylation is 1. The molecule has 1 aliphatic rings. The molecule has 42 heavy (non-hydrogen) atoms. The molecule has 2 aromatic carbocycles. The number of nitro groups is 1. The summed E-state index contributed by atoms with van der Waals surface area (Å²) in [6.07, 6.45) is 1.52. The number of carbonyl (C=O) groups excluding carboxylic acids is 2. The number of hydrazone groups is 1. The molecule has 0 aliphatic carbocycles. The van der Waals surface area contributed by atoms with E-state index in [-0.39, 0.29) is 18.9 Å². The van der Waals surface area contributed by atoms with Crippen LogP contribution in [0.5, 0.6) is 5.75 Å². The maximum absolute atomic E-state index is 12.7. The minimum Gasteiger partial charge on any atom is -0.483 e. The average Bonchev–Trinajstić information content (AvgIpc) is 3.24. The number of esters is 1. The Hall–Kier alpha value is -5.04. The van der Waals surface area contributed by atoms with Crippen molar-refractivity contribution in [3.63, 3.8) is 0 Å². The summed E-state index contributed by atoms with van der Waals surface area (Å²) in [5.41, 5.74) is 7.29. The first-order valence-electron chi connectivity index (χ1n) is 13.0. The molecule has 0 unspecified atom stereocenters. The Balaban J connectivity index is 1.43. The van der Waals surface area contributed by atoms with Crippen molar-refractivity contribution in [1.29, 1.82) is 0 Å². The summed E-state index contributed by atoms with van der Waals surface area (Å²) in [5.74, 6) is -0.589. The van der Waals surface area contributed by atoms with Gasteiger partial charge in [0.1, 0.15) is 5.75 Å². The van der Waals surface area contributed by atoms with Gasteiger partial charge in [0.2, 0.25) is 0 Å². The van der Waals surface area contributed by atoms with Gasteiger partial charge in [0, 0.05) is 46.0 Å². The van der Waals surface area contributed by atoms with Crippen molar-refractivity contribution < 1.29 is 24.0 Å². The molecule has 0 saturated heterocycles. The largest absolute Gasteiger partial charge is 0.483 e. The topological polar surface area (TPSA) is 149 Å². The van der Waals surface area contributed by atoms with Gasteiger partial charge in [-0.1, -0.05) is 18.2 Å². The Bertz CT molecular complexity index is 1590. The van der Waals surface area contributed by atoms with Crippen LogP contribution in [0, 0.1) is 24.0 Å². The number of carbonyl (C=O) groups is 2. The van der Waals surface area contributed by atoms with Gasteiger partial charge in [-0.3, -0.25) is 14.9 Å². The fourth-order valence-corrected chi connectivity index (χ4v) is 4.92. The number of allylic oxidation sites excluding steroid dienone is 1. The van der Waals surface area contributed by atoms with E-state index in [0.717, 1.165) is 22.6 Å². The standard InChI is InChI=1S/C29H30N6O6S/c1-5-40-28(37)26-18(3)31-29(42)32-27(26)23-8-6-7-9-24(23)41-16-25(36)33-30-15-20-14-17(2)34(19(20)4)21-10-12-22(13-11-21)35(38)39/h6-15,27H,5,16H2,1-4H3,(H,33,36)(H2,31,32,42)/t27-/m0/s1. The third-order valence-corrected chi connectivity index (χ3v) is 6.76. The van der Waals surface area contributed by atoms with E-state index in [0.29, 0.717) is 27.7 Å². The Morgan fingerprint density at radius 1 is 1.17 bits per heavy atom. The van der Waals surface area contributed by atoms with E-state index >= 15 is 0 Å². The molecule has 0 bridgehead atoms. The molecule has 0 spiro atoms. The van der Waals surface area contributed by atoms with Crippen molar-refractivity contribution in [2.45, 2.75) is 33.7 Å². The summed E-state index contributed by atoms with van der Waals surface area (Å²) in [4.78, 5) is 35.8. The second kappa shape index (κ2) is 13.1. The van der Waals surface area contributed by atoms with Gasteiger partial charge in [0.25, 0.3) is 11.6 Å². The number of rotatable bonds is 10. The molecule has 0 saturated carbocycles. The number of hydrogen-bond acceptors (Lipinski definition) is 8. The number of amides is 1. The van der Waals surface area contributed by atoms with Crippen molar-refractivity contribution >= 4 is 41.1 Å². The van der Waals surface area contributed by atoms with E-state index < -0.39 is 22.8 Å². The van der Waals surface area contributed by atoms with Crippen LogP contribution >= 0.6 is 12.2 Å². The number of nitrogens with zero attached hydrogens (tertiary/aromatic N) is 3. The highest BCUT2D eigenvalue weighted by Gasteiger charge is 2.32. The molecule has 3 aromatic rings. The van der Waals surface area contributed by atoms with E-state index in [1.165, 1.54) is 18.3 Å². The second-order valence-corrected chi connectivity index (χ2v) is 9.75. The van der Waals surface area contributed by atoms with Crippen molar-refractivity contribution in [1.82, 2.24) is 20.6 Å². The number of aromatic nitrogens is 1. The summed E-state index contributed by atoms with van der Waals surface area (Å²) >= 11 is 5.31. The molecule has 12 nitrogen and oxygen atoms in total. The zero-order valence-corrected chi connectivity index (χ0v) is 24.3. The van der Waals surface area contributed by atoms with E-state index in [1.807, 2.05) is 24.5 Å². The maximum Gasteiger partial charge on any atom is 0.338 e. The van der Waals surface area contributed by atoms with Gasteiger partial charge in [-0.15, -0.1) is 0 Å². The fourth-order valence-electron chi connectivity index (χ4n) is 4.65. The van der Waals surface area contributed by atoms with E-state index in [1.54, 1.807) is 50.2 Å². The monoisotopic (exact) mass is 590 g/mol. The predicted molar refractivity (Wildman–Crippen MR) is 161 cm³/mol. The summed E-state index contributed by atoms with van der Waals surface area (Å²) in [7, 11) is 0. The molecule has 3 N–H and O–H groups in total. The fraction of sp³-hybridized carbons (Fsp3) is 0.241. The molecule has 0 radical (unpaired) electrons. The number of nitro benzene ring substituents is 1. The Morgan fingerprint density at radius 2 is 1.88 bits per heavy atom. The lowest BCUT2D eigenvalue weighted by Gasteiger charge is -2.30. The number of para-hydroxylation sites is 1. The van der Waals surface area contributed by atoms with Gasteiger partial charge in [0.05, 0.1) is 29.4 Å². The predicted octanol–water partition coefficient (Wildman–Crippen LogP) is 3.89. The highest BCUT2D eigenvalue weighted by Crippen LogP contribution is 2.33. The lowest BCUT2D eigenvalue weighted by atomic mass is 9.95. The Labute approximate surface area is 247 Å². The third kappa shape index (κ3) is 6.63. The van der Waals surface area contributed by atoms with Crippen LogP contribution in [0.15, 0.2) is 71.0 Å². The minimum atomic E-state index is -0.638. The zero-order chi connectivity index (χ0) is 30.4. The molecular weight excluding hydrogens is 560 g/mol. The van der Waals surface area contributed by atoms with Crippen LogP contribution in [0.2, 0.25) is 0 Å². The summed E-state index contributed by atoms with van der Waals surface area (Å²) in [5, 5.41) is 21.4. The SMILES string of the molecule is CCOC(=O)C1=C(C)NC(=S)N[C@H]1c1ccccc1OCC(=O)NN=Cc1cc(C)n(-c2ccc([N+](=O)[O-])cc2)c1C. The number of benzene rings is 2. The van der Waals surface area contributed by atoms with Gasteiger partial charge in [-0.05, 0) is 64.2 Å². The van der Waals surface area contributed by atoms with Gasteiger partial charge in [-0.2, -0.15) is 5.10 Å². The van der Waals surface area contributed by atoms with Gasteiger partial charge in [0.15, 0.2) is 11.7 Å². The molecule has 0 fully saturated rings. The van der Waals surface area contributed by atoms with Crippen LogP contribution in [0.1, 0.15) is 42.4 Å². The van der Waals surface area contributed by atoms with Crippen molar-refractivity contribution in [3.05, 3.63) is 98.5 Å². The highest BCUT2D eigenvalue weighted by molar-refractivity contribution is 7.80. The van der Waals surface area contributed by atoms with Crippen molar-refractivity contribution in [3.8, 4) is 11.4 Å². The summed E-state index contributed by atoms with van der Waals surface area (Å²) in [6, 6.07) is 14.5. The Kier molecular flexibility index (Phi) is 9.32. The molecular formula is C29H30N6O6S. The molecule has 1 amide bonds. The van der Waals surface area contributed by atoms with Crippen LogP contribution in [0.25, 0.3) is 5.69 Å². The smallest absolute Gasteiger partial charge is 0.338 e. The quantitative estimate of drug-likeness (QED) is 0.105. The first kappa shape index (κ1) is 29.9. The minimum absolute atomic E-state index is 0.0112. The molecule has 218 valence electrons. The summed E-state index contributed by atoms with van der Waals surface area (Å²) in [6.45, 7) is 7.15. The van der Waals surface area contributed by atoms with Crippen LogP contribution in [-0.2, 0) is 14.3 Å². The zero-order valence-electron chi connectivity index (χ0n) is 23.5. The molecule has 1 atom stereocenters. The number of non-ortho nitro benzene ring substituents is 1. The van der Waals surface area contributed by atoms with Crippen LogP contribution in [-0.4, -0.2) is 45.9 Å². The van der Waals surface area contributed by atoms with E-state index in [4.69, 9.17) is 21.7 Å². The lowest BCUT2D eigenvalue weighted by Crippen LogP contribution is -2.45. The lowest BCUT2D eigenvalue weighted by molar-refractivity contribution is -0.384. The van der Waals surface area contributed by atoms with Crippen LogP contribution < -0.4 is 20.8 Å². The molecule has 1 aromatic heterocycles. The first-order valence-corrected chi connectivity index (χ1v) is 13.4. The van der Waals surface area contributed by atoms with Crippen molar-refractivity contribution in [2.24, 2.45) is 5.10 Å². The summed E-state index contributed by atoms with van der Waals surface area (Å²) < 4.78 is 13.0. The number of nitrogens with one attached hydrogen (secondary N) is 3. The van der Waals surface area contributed by atoms with Gasteiger partial charge >= 0.3 is 5.97 Å². The Morgan fingerprint density at radius 3 is 2.57 bits per heavy atom. The highest BCUT2D eigenvalue weighted by atomic mass is 32.1. The molecule has 4 rings (SSSR count). The molecule has 2 heterocycles. The van der Waals surface area contributed by atoms with Gasteiger partial charge < -0.3 is 24.7 Å². The van der Waals surface area contributed by atoms with Crippen LogP contribution in [0.4, 0.5) is 5.69 Å². The van der Waals surface area contributed by atoms with Crippen molar-refractivity contribution in [2.75, 3.05) is 13.2 Å². The third-order valence-electron chi connectivity index (χ3n) is 6.54. The van der Waals surface area contributed by atoms with E-state index in [9.17, 15) is 19.7 Å². The average molecular weight is 591 g/mol. The molecule has 1 aliphatic heterocycles. The number of ether oxygens (including phenoxy) is 2. The normalized spacial score (nSPS) is 14.8. The maximum atomic E-state index is 12.7. The van der Waals surface area contributed by atoms with Gasteiger partial charge in [-0.25, -0.2) is 10.2 Å². The van der Waals surface area contributed by atoms with E-state index in [2.05, 4.69) is 21.2 Å². The number of hydrogen-bond donors (Lipinski definition) is 3. The first-order chi connectivity index (χ1) is 20.1. The number of thiocarbonyl (C=S) groups is 1.